The Bertz CT molecular complexity index is 477. The van der Waals surface area contributed by atoms with Gasteiger partial charge < -0.3 is 4.74 Å². The average Bonchev–Trinajstić information content (AvgIpc) is 2.75. The van der Waals surface area contributed by atoms with Gasteiger partial charge in [-0.1, -0.05) is 72.7 Å². The molecule has 0 aliphatic carbocycles. The van der Waals surface area contributed by atoms with E-state index < -0.39 is 6.09 Å². The van der Waals surface area contributed by atoms with E-state index in [1.165, 1.54) is 4.90 Å². The molecule has 20 heavy (non-hydrogen) atoms. The highest BCUT2D eigenvalue weighted by molar-refractivity contribution is 14.1. The van der Waals surface area contributed by atoms with E-state index in [1.807, 2.05) is 30.3 Å². The van der Waals surface area contributed by atoms with E-state index in [2.05, 4.69) is 29.5 Å². The van der Waals surface area contributed by atoms with Crippen LogP contribution < -0.4 is 0 Å². The summed E-state index contributed by atoms with van der Waals surface area (Å²) >= 11 is 2.11. The van der Waals surface area contributed by atoms with Gasteiger partial charge in [0.25, 0.3) is 0 Å². The van der Waals surface area contributed by atoms with E-state index in [4.69, 9.17) is 4.74 Å². The fraction of sp³-hybridized carbons (Fsp3) is 0.467. The van der Waals surface area contributed by atoms with Crippen LogP contribution in [0, 0.1) is 0 Å². The van der Waals surface area contributed by atoms with Crippen molar-refractivity contribution in [1.82, 2.24) is 4.90 Å². The maximum Gasteiger partial charge on any atom is 0.418 e. The van der Waals surface area contributed by atoms with Crippen LogP contribution in [0.4, 0.5) is 4.79 Å². The zero-order valence-corrected chi connectivity index (χ0v) is 13.6. The molecule has 0 saturated carbocycles. The Morgan fingerprint density at radius 3 is 2.65 bits per heavy atom. The van der Waals surface area contributed by atoms with Crippen LogP contribution in [0.5, 0.6) is 0 Å². The average molecular weight is 387 g/mol. The zero-order valence-electron chi connectivity index (χ0n) is 11.4. The molecule has 108 valence electrons. The van der Waals surface area contributed by atoms with Gasteiger partial charge in [-0.05, 0) is 12.0 Å². The summed E-state index contributed by atoms with van der Waals surface area (Å²) in [5.41, 5.74) is 0.920. The lowest BCUT2D eigenvalue weighted by Crippen LogP contribution is -2.35. The van der Waals surface area contributed by atoms with Gasteiger partial charge in [0.15, 0.2) is 6.10 Å². The number of hydrogen-bond donors (Lipinski definition) is 0. The Hall–Kier alpha value is -1.11. The van der Waals surface area contributed by atoms with E-state index in [0.29, 0.717) is 6.42 Å². The van der Waals surface area contributed by atoms with E-state index in [1.54, 1.807) is 0 Å². The Labute approximate surface area is 132 Å². The van der Waals surface area contributed by atoms with Gasteiger partial charge in [-0.3, -0.25) is 4.79 Å². The third-order valence-corrected chi connectivity index (χ3v) is 4.52. The first-order valence-electron chi connectivity index (χ1n) is 6.87. The van der Waals surface area contributed by atoms with Crippen LogP contribution in [-0.2, 0) is 9.53 Å². The summed E-state index contributed by atoms with van der Waals surface area (Å²) in [4.78, 5) is 25.3. The van der Waals surface area contributed by atoms with Gasteiger partial charge in [-0.15, -0.1) is 0 Å². The number of rotatable bonds is 5. The topological polar surface area (TPSA) is 46.6 Å². The molecule has 1 aliphatic heterocycles. The van der Waals surface area contributed by atoms with Crippen LogP contribution >= 0.6 is 22.6 Å². The molecule has 2 amide bonds. The number of cyclic esters (lactones) is 1. The molecular formula is C15H18INO3. The Kier molecular flexibility index (Phi) is 5.39. The second-order valence-corrected chi connectivity index (χ2v) is 6.08. The lowest BCUT2D eigenvalue weighted by Gasteiger charge is -2.17. The smallest absolute Gasteiger partial charge is 0.418 e. The highest BCUT2D eigenvalue weighted by atomic mass is 127. The fourth-order valence-electron chi connectivity index (χ4n) is 2.21. The molecule has 0 bridgehead atoms. The summed E-state index contributed by atoms with van der Waals surface area (Å²) in [6, 6.07) is 9.54. The maximum absolute atomic E-state index is 12.1. The van der Waals surface area contributed by atoms with Gasteiger partial charge >= 0.3 is 6.09 Å². The maximum atomic E-state index is 12.1. The van der Waals surface area contributed by atoms with Crippen LogP contribution in [0.15, 0.2) is 30.3 Å². The molecule has 0 aromatic heterocycles. The minimum atomic E-state index is -0.528. The molecule has 1 heterocycles. The van der Waals surface area contributed by atoms with E-state index in [0.717, 1.165) is 24.8 Å². The SMILES string of the molecule is CCCCCC(=O)N1C(=O)O[C@@H](c2ccccc2)[C@H]1I. The monoisotopic (exact) mass is 387 g/mol. The molecular weight excluding hydrogens is 369 g/mol. The van der Waals surface area contributed by atoms with Crippen LogP contribution in [-0.4, -0.2) is 20.9 Å². The van der Waals surface area contributed by atoms with Crippen LogP contribution in [0.25, 0.3) is 0 Å². The zero-order chi connectivity index (χ0) is 14.5. The molecule has 2 rings (SSSR count). The first kappa shape index (κ1) is 15.3. The standard InChI is InChI=1S/C15H18INO3/c1-2-3-5-10-12(18)17-14(16)13(20-15(17)19)11-8-6-4-7-9-11/h4,6-9,13-14H,2-3,5,10H2,1H3/t13-,14-/m0/s1. The third kappa shape index (κ3) is 3.31. The molecule has 1 aromatic rings. The minimum absolute atomic E-state index is 0.138. The summed E-state index contributed by atoms with van der Waals surface area (Å²) in [7, 11) is 0. The van der Waals surface area contributed by atoms with Crippen molar-refractivity contribution in [2.45, 2.75) is 42.8 Å². The molecule has 0 unspecified atom stereocenters. The van der Waals surface area contributed by atoms with Crippen LogP contribution in [0.2, 0.25) is 0 Å². The lowest BCUT2D eigenvalue weighted by molar-refractivity contribution is -0.128. The van der Waals surface area contributed by atoms with Crippen molar-refractivity contribution >= 4 is 34.6 Å². The summed E-state index contributed by atoms with van der Waals surface area (Å²) in [6.07, 6.45) is 2.38. The number of unbranched alkanes of at least 4 members (excludes halogenated alkanes) is 2. The van der Waals surface area contributed by atoms with Crippen molar-refractivity contribution in [3.63, 3.8) is 0 Å². The number of amides is 2. The van der Waals surface area contributed by atoms with Crippen molar-refractivity contribution in [2.75, 3.05) is 0 Å². The molecule has 0 spiro atoms. The van der Waals surface area contributed by atoms with Crippen LogP contribution in [0.1, 0.15) is 44.3 Å². The molecule has 1 fully saturated rings. The highest BCUT2D eigenvalue weighted by Gasteiger charge is 2.44. The Morgan fingerprint density at radius 2 is 2.00 bits per heavy atom. The minimum Gasteiger partial charge on any atom is -0.438 e. The number of hydrogen-bond acceptors (Lipinski definition) is 3. The van der Waals surface area contributed by atoms with E-state index in [-0.39, 0.29) is 16.1 Å². The van der Waals surface area contributed by atoms with Crippen molar-refractivity contribution in [3.8, 4) is 0 Å². The number of benzene rings is 1. The Morgan fingerprint density at radius 1 is 1.30 bits per heavy atom. The molecule has 1 aromatic carbocycles. The number of imide groups is 1. The van der Waals surface area contributed by atoms with Crippen LogP contribution in [0.3, 0.4) is 0 Å². The van der Waals surface area contributed by atoms with Gasteiger partial charge in [0, 0.05) is 6.42 Å². The third-order valence-electron chi connectivity index (χ3n) is 3.31. The number of carbonyl (C=O) groups is 2. The first-order chi connectivity index (χ1) is 9.65. The molecule has 4 nitrogen and oxygen atoms in total. The quantitative estimate of drug-likeness (QED) is 0.332. The number of alkyl halides is 1. The van der Waals surface area contributed by atoms with Gasteiger partial charge in [0.05, 0.1) is 0 Å². The molecule has 0 N–H and O–H groups in total. The molecule has 2 atom stereocenters. The normalized spacial score (nSPS) is 21.9. The van der Waals surface area contributed by atoms with Crippen molar-refractivity contribution < 1.29 is 14.3 Å². The fourth-order valence-corrected chi connectivity index (χ4v) is 3.31. The number of carbonyl (C=O) groups excluding carboxylic acids is 2. The van der Waals surface area contributed by atoms with Crippen molar-refractivity contribution in [2.24, 2.45) is 0 Å². The second kappa shape index (κ2) is 7.06. The highest BCUT2D eigenvalue weighted by Crippen LogP contribution is 2.36. The summed E-state index contributed by atoms with van der Waals surface area (Å²) in [6.45, 7) is 2.08. The number of halogens is 1. The largest absolute Gasteiger partial charge is 0.438 e. The summed E-state index contributed by atoms with van der Waals surface area (Å²) in [5.74, 6) is -0.138. The Balaban J connectivity index is 2.05. The molecule has 1 saturated heterocycles. The predicted octanol–water partition coefficient (Wildman–Crippen LogP) is 4.05. The summed E-state index contributed by atoms with van der Waals surface area (Å²) < 4.78 is 5.08. The van der Waals surface area contributed by atoms with Gasteiger partial charge in [-0.25, -0.2) is 9.69 Å². The van der Waals surface area contributed by atoms with Gasteiger partial charge in [-0.2, -0.15) is 0 Å². The van der Waals surface area contributed by atoms with Gasteiger partial charge in [0.1, 0.15) is 4.05 Å². The predicted molar refractivity (Wildman–Crippen MR) is 84.5 cm³/mol. The molecule has 0 radical (unpaired) electrons. The lowest BCUT2D eigenvalue weighted by atomic mass is 10.1. The number of nitrogens with zero attached hydrogens (tertiary/aromatic N) is 1. The number of ether oxygens (including phenoxy) is 1. The van der Waals surface area contributed by atoms with E-state index in [9.17, 15) is 9.59 Å². The molecule has 5 heteroatoms. The second-order valence-electron chi connectivity index (χ2n) is 4.81. The summed E-state index contributed by atoms with van der Waals surface area (Å²) in [5, 5.41) is 0. The van der Waals surface area contributed by atoms with E-state index >= 15 is 0 Å². The van der Waals surface area contributed by atoms with Gasteiger partial charge in [0.2, 0.25) is 5.91 Å². The molecule has 1 aliphatic rings. The first-order valence-corrected chi connectivity index (χ1v) is 8.11. The van der Waals surface area contributed by atoms with Crippen molar-refractivity contribution in [1.29, 1.82) is 0 Å². The van der Waals surface area contributed by atoms with Crippen molar-refractivity contribution in [3.05, 3.63) is 35.9 Å².